The monoisotopic (exact) mass is 274 g/mol. The summed E-state index contributed by atoms with van der Waals surface area (Å²) in [5.74, 6) is 0.239. The lowest BCUT2D eigenvalue weighted by atomic mass is 9.76. The smallest absolute Gasteiger partial charge is 0.213 e. The van der Waals surface area contributed by atoms with Gasteiger partial charge >= 0.3 is 0 Å². The lowest BCUT2D eigenvalue weighted by Gasteiger charge is -2.33. The first-order valence-corrected chi connectivity index (χ1v) is 8.85. The molecule has 0 bridgehead atoms. The summed E-state index contributed by atoms with van der Waals surface area (Å²) in [4.78, 5) is 0. The van der Waals surface area contributed by atoms with Crippen molar-refractivity contribution in [3.05, 3.63) is 0 Å². The molecule has 2 fully saturated rings. The molecule has 1 heterocycles. The second-order valence-corrected chi connectivity index (χ2v) is 8.12. The molecule has 0 amide bonds. The molecule has 2 N–H and O–H groups in total. The van der Waals surface area contributed by atoms with Gasteiger partial charge in [-0.3, -0.25) is 0 Å². The predicted octanol–water partition coefficient (Wildman–Crippen LogP) is 1.63. The van der Waals surface area contributed by atoms with Crippen molar-refractivity contribution in [3.63, 3.8) is 0 Å². The highest BCUT2D eigenvalue weighted by molar-refractivity contribution is 7.89. The number of hydrogen-bond acceptors (Lipinski definition) is 3. The highest BCUT2D eigenvalue weighted by Crippen LogP contribution is 2.35. The second kappa shape index (κ2) is 5.88. The van der Waals surface area contributed by atoms with Crippen molar-refractivity contribution in [2.45, 2.75) is 57.9 Å². The van der Waals surface area contributed by atoms with Gasteiger partial charge in [0.2, 0.25) is 10.0 Å². The van der Waals surface area contributed by atoms with Crippen molar-refractivity contribution in [3.8, 4) is 0 Å². The minimum absolute atomic E-state index is 0.154. The molecule has 5 heteroatoms. The number of rotatable bonds is 5. The fourth-order valence-electron chi connectivity index (χ4n) is 3.09. The Morgan fingerprint density at radius 1 is 1.22 bits per heavy atom. The van der Waals surface area contributed by atoms with E-state index in [0.29, 0.717) is 6.54 Å². The van der Waals surface area contributed by atoms with Crippen LogP contribution in [-0.2, 0) is 10.0 Å². The molecule has 106 valence electrons. The average Bonchev–Trinajstić information content (AvgIpc) is 2.80. The summed E-state index contributed by atoms with van der Waals surface area (Å²) in [5.41, 5.74) is 0.175. The molecule has 0 aromatic rings. The van der Waals surface area contributed by atoms with Crippen LogP contribution in [0.1, 0.15) is 51.9 Å². The maximum atomic E-state index is 12.0. The van der Waals surface area contributed by atoms with Gasteiger partial charge in [0.25, 0.3) is 0 Å². The van der Waals surface area contributed by atoms with Crippen molar-refractivity contribution >= 4 is 10.0 Å². The van der Waals surface area contributed by atoms with Crippen molar-refractivity contribution in [2.24, 2.45) is 5.41 Å². The molecule has 1 unspecified atom stereocenters. The van der Waals surface area contributed by atoms with E-state index < -0.39 is 10.0 Å². The summed E-state index contributed by atoms with van der Waals surface area (Å²) in [6.07, 6.45) is 8.16. The fraction of sp³-hybridized carbons (Fsp3) is 1.00. The lowest BCUT2D eigenvalue weighted by molar-refractivity contribution is 0.219. The van der Waals surface area contributed by atoms with E-state index in [-0.39, 0.29) is 17.2 Å². The van der Waals surface area contributed by atoms with Crippen LogP contribution >= 0.6 is 0 Å². The largest absolute Gasteiger partial charge is 0.313 e. The van der Waals surface area contributed by atoms with E-state index in [9.17, 15) is 8.42 Å². The van der Waals surface area contributed by atoms with Crippen molar-refractivity contribution < 1.29 is 8.42 Å². The van der Waals surface area contributed by atoms with E-state index >= 15 is 0 Å². The standard InChI is InChI=1S/C13H26N2O2S/c1-13(7-3-2-4-8-13)11-15-18(16,17)10-12-6-5-9-14-12/h12,14-15H,2-11H2,1H3. The van der Waals surface area contributed by atoms with E-state index in [4.69, 9.17) is 0 Å². The summed E-state index contributed by atoms with van der Waals surface area (Å²) >= 11 is 0. The Hall–Kier alpha value is -0.130. The van der Waals surface area contributed by atoms with Crippen LogP contribution in [0.15, 0.2) is 0 Å². The van der Waals surface area contributed by atoms with Gasteiger partial charge in [-0.15, -0.1) is 0 Å². The molecule has 1 saturated carbocycles. The molecule has 1 saturated heterocycles. The second-order valence-electron chi connectivity index (χ2n) is 6.27. The summed E-state index contributed by atoms with van der Waals surface area (Å²) in [6.45, 7) is 3.78. The first kappa shape index (κ1) is 14.3. The molecule has 2 rings (SSSR count). The summed E-state index contributed by atoms with van der Waals surface area (Å²) in [5, 5.41) is 3.24. The predicted molar refractivity (Wildman–Crippen MR) is 74.0 cm³/mol. The van der Waals surface area contributed by atoms with Gasteiger partial charge in [-0.05, 0) is 37.6 Å². The molecular formula is C13H26N2O2S. The average molecular weight is 274 g/mol. The molecule has 4 nitrogen and oxygen atoms in total. The molecule has 1 aliphatic heterocycles. The van der Waals surface area contributed by atoms with E-state index in [1.165, 1.54) is 19.3 Å². The summed E-state index contributed by atoms with van der Waals surface area (Å²) < 4.78 is 26.9. The molecule has 0 aromatic heterocycles. The van der Waals surface area contributed by atoms with Crippen LogP contribution in [0, 0.1) is 5.41 Å². The van der Waals surface area contributed by atoms with Crippen LogP contribution in [-0.4, -0.2) is 33.3 Å². The van der Waals surface area contributed by atoms with Gasteiger partial charge in [-0.1, -0.05) is 26.2 Å². The zero-order chi connectivity index (χ0) is 13.1. The Morgan fingerprint density at radius 3 is 2.56 bits per heavy atom. The zero-order valence-corrected chi connectivity index (χ0v) is 12.2. The summed E-state index contributed by atoms with van der Waals surface area (Å²) in [7, 11) is -3.12. The third kappa shape index (κ3) is 4.21. The van der Waals surface area contributed by atoms with E-state index in [0.717, 1.165) is 32.2 Å². The Labute approximate surface area is 111 Å². The van der Waals surface area contributed by atoms with Crippen molar-refractivity contribution in [2.75, 3.05) is 18.8 Å². The molecule has 0 radical (unpaired) electrons. The third-order valence-corrected chi connectivity index (χ3v) is 5.79. The van der Waals surface area contributed by atoms with Crippen LogP contribution in [0.5, 0.6) is 0 Å². The highest BCUT2D eigenvalue weighted by atomic mass is 32.2. The highest BCUT2D eigenvalue weighted by Gasteiger charge is 2.29. The van der Waals surface area contributed by atoms with Crippen molar-refractivity contribution in [1.29, 1.82) is 0 Å². The van der Waals surface area contributed by atoms with Gasteiger partial charge in [0, 0.05) is 12.6 Å². The van der Waals surface area contributed by atoms with Crippen LogP contribution in [0.3, 0.4) is 0 Å². The summed E-state index contributed by atoms with van der Waals surface area (Å²) in [6, 6.07) is 0.154. The first-order chi connectivity index (χ1) is 8.49. The minimum atomic E-state index is -3.12. The Bertz CT molecular complexity index is 355. The van der Waals surface area contributed by atoms with Gasteiger partial charge in [-0.2, -0.15) is 0 Å². The maximum Gasteiger partial charge on any atom is 0.213 e. The topological polar surface area (TPSA) is 58.2 Å². The van der Waals surface area contributed by atoms with Crippen LogP contribution < -0.4 is 10.0 Å². The fourth-order valence-corrected chi connectivity index (χ4v) is 4.59. The van der Waals surface area contributed by atoms with Crippen LogP contribution in [0.2, 0.25) is 0 Å². The normalized spacial score (nSPS) is 28.4. The SMILES string of the molecule is CC1(CNS(=O)(=O)CC2CCCN2)CCCCC1. The lowest BCUT2D eigenvalue weighted by Crippen LogP contribution is -2.41. The van der Waals surface area contributed by atoms with E-state index in [1.807, 2.05) is 0 Å². The zero-order valence-electron chi connectivity index (χ0n) is 11.4. The van der Waals surface area contributed by atoms with Crippen LogP contribution in [0.4, 0.5) is 0 Å². The van der Waals surface area contributed by atoms with Gasteiger partial charge in [0.05, 0.1) is 5.75 Å². The molecular weight excluding hydrogens is 248 g/mol. The molecule has 1 atom stereocenters. The minimum Gasteiger partial charge on any atom is -0.313 e. The third-order valence-electron chi connectivity index (χ3n) is 4.36. The Morgan fingerprint density at radius 2 is 1.94 bits per heavy atom. The van der Waals surface area contributed by atoms with Gasteiger partial charge in [-0.25, -0.2) is 13.1 Å². The Balaban J connectivity index is 1.80. The molecule has 0 aromatic carbocycles. The van der Waals surface area contributed by atoms with Crippen LogP contribution in [0.25, 0.3) is 0 Å². The molecule has 0 spiro atoms. The van der Waals surface area contributed by atoms with Gasteiger partial charge in [0.15, 0.2) is 0 Å². The number of nitrogens with one attached hydrogen (secondary N) is 2. The number of hydrogen-bond donors (Lipinski definition) is 2. The number of sulfonamides is 1. The van der Waals surface area contributed by atoms with Gasteiger partial charge < -0.3 is 5.32 Å². The molecule has 18 heavy (non-hydrogen) atoms. The quantitative estimate of drug-likeness (QED) is 0.801. The van der Waals surface area contributed by atoms with Gasteiger partial charge in [0.1, 0.15) is 0 Å². The van der Waals surface area contributed by atoms with Crippen molar-refractivity contribution in [1.82, 2.24) is 10.0 Å². The molecule has 2 aliphatic rings. The van der Waals surface area contributed by atoms with E-state index in [2.05, 4.69) is 17.0 Å². The molecule has 1 aliphatic carbocycles. The Kier molecular flexibility index (Phi) is 4.67. The van der Waals surface area contributed by atoms with E-state index in [1.54, 1.807) is 0 Å². The first-order valence-electron chi connectivity index (χ1n) is 7.20. The maximum absolute atomic E-state index is 12.0.